The minimum absolute atomic E-state index is 0.0580. The smallest absolute Gasteiger partial charge is 0.136 e. The molecule has 0 spiro atoms. The van der Waals surface area contributed by atoms with Crippen LogP contribution in [0.4, 0.5) is 0 Å². The van der Waals surface area contributed by atoms with Crippen molar-refractivity contribution in [3.05, 3.63) is 29.6 Å². The van der Waals surface area contributed by atoms with Crippen molar-refractivity contribution in [2.75, 3.05) is 6.61 Å². The second kappa shape index (κ2) is 4.19. The Bertz CT molecular complexity index is 576. The van der Waals surface area contributed by atoms with Crippen LogP contribution in [0.2, 0.25) is 0 Å². The van der Waals surface area contributed by atoms with Gasteiger partial charge in [-0.1, -0.05) is 6.07 Å². The molecular weight excluding hydrogens is 214 g/mol. The molecule has 1 atom stereocenters. The molecule has 17 heavy (non-hydrogen) atoms. The molecule has 1 aliphatic rings. The molecule has 0 bridgehead atoms. The lowest BCUT2D eigenvalue weighted by atomic mass is 10.1. The van der Waals surface area contributed by atoms with Crippen LogP contribution in [0.3, 0.4) is 0 Å². The second-order valence-electron chi connectivity index (χ2n) is 4.29. The molecule has 1 aliphatic heterocycles. The van der Waals surface area contributed by atoms with Crippen LogP contribution in [-0.2, 0) is 4.74 Å². The molecule has 2 aromatic rings. The summed E-state index contributed by atoms with van der Waals surface area (Å²) in [6.45, 7) is 0.798. The van der Waals surface area contributed by atoms with Gasteiger partial charge in [-0.3, -0.25) is 0 Å². The number of para-hydroxylation sites is 1. The van der Waals surface area contributed by atoms with Crippen molar-refractivity contribution >= 4 is 11.0 Å². The summed E-state index contributed by atoms with van der Waals surface area (Å²) in [6.07, 6.45) is 3.36. The minimum Gasteiger partial charge on any atom is -0.370 e. The predicted molar refractivity (Wildman–Crippen MR) is 63.4 cm³/mol. The number of aromatic amines is 1. The highest BCUT2D eigenvalue weighted by atomic mass is 16.5. The molecule has 4 heteroatoms. The molecule has 1 aromatic carbocycles. The standard InChI is InChI=1S/C13H13N3O/c14-8-9-4-3-5-10-12(9)16-13(15-10)11-6-1-2-7-17-11/h3-5,11H,1-2,6-7H2,(H,15,16). The van der Waals surface area contributed by atoms with Crippen molar-refractivity contribution in [3.8, 4) is 6.07 Å². The largest absolute Gasteiger partial charge is 0.370 e. The maximum Gasteiger partial charge on any atom is 0.136 e. The molecule has 4 nitrogen and oxygen atoms in total. The molecule has 0 aliphatic carbocycles. The summed E-state index contributed by atoms with van der Waals surface area (Å²) >= 11 is 0. The van der Waals surface area contributed by atoms with Gasteiger partial charge >= 0.3 is 0 Å². The number of benzene rings is 1. The number of nitrogens with one attached hydrogen (secondary N) is 1. The van der Waals surface area contributed by atoms with E-state index in [2.05, 4.69) is 16.0 Å². The maximum atomic E-state index is 9.02. The molecule has 1 fully saturated rings. The van der Waals surface area contributed by atoms with Crippen molar-refractivity contribution < 1.29 is 4.74 Å². The van der Waals surface area contributed by atoms with Crippen LogP contribution in [0.15, 0.2) is 18.2 Å². The lowest BCUT2D eigenvalue weighted by Crippen LogP contribution is -2.12. The molecule has 2 heterocycles. The molecule has 1 unspecified atom stereocenters. The number of aromatic nitrogens is 2. The zero-order chi connectivity index (χ0) is 11.7. The van der Waals surface area contributed by atoms with Crippen LogP contribution < -0.4 is 0 Å². The van der Waals surface area contributed by atoms with Crippen molar-refractivity contribution in [1.29, 1.82) is 5.26 Å². The number of hydrogen-bond donors (Lipinski definition) is 1. The van der Waals surface area contributed by atoms with Crippen LogP contribution >= 0.6 is 0 Å². The Hall–Kier alpha value is -1.86. The molecule has 0 radical (unpaired) electrons. The monoisotopic (exact) mass is 227 g/mol. The molecule has 0 amide bonds. The lowest BCUT2D eigenvalue weighted by molar-refractivity contribution is 0.0101. The number of imidazole rings is 1. The zero-order valence-electron chi connectivity index (χ0n) is 9.44. The fourth-order valence-corrected chi connectivity index (χ4v) is 2.25. The van der Waals surface area contributed by atoms with Crippen molar-refractivity contribution in [1.82, 2.24) is 9.97 Å². The third kappa shape index (κ3) is 1.79. The highest BCUT2D eigenvalue weighted by Gasteiger charge is 2.20. The summed E-state index contributed by atoms with van der Waals surface area (Å²) < 4.78 is 5.69. The van der Waals surface area contributed by atoms with E-state index in [1.54, 1.807) is 6.07 Å². The minimum atomic E-state index is 0.0580. The van der Waals surface area contributed by atoms with Gasteiger partial charge in [-0.2, -0.15) is 5.26 Å². The lowest BCUT2D eigenvalue weighted by Gasteiger charge is -2.20. The van der Waals surface area contributed by atoms with Gasteiger partial charge in [0.2, 0.25) is 0 Å². The highest BCUT2D eigenvalue weighted by molar-refractivity contribution is 5.81. The van der Waals surface area contributed by atoms with Gasteiger partial charge in [0.1, 0.15) is 23.5 Å². The molecule has 1 aromatic heterocycles. The quantitative estimate of drug-likeness (QED) is 0.814. The SMILES string of the molecule is N#Cc1cccc2[nH]c(C3CCCCO3)nc12. The summed E-state index contributed by atoms with van der Waals surface area (Å²) in [5, 5.41) is 9.02. The molecule has 3 rings (SSSR count). The van der Waals surface area contributed by atoms with Crippen LogP contribution in [0.1, 0.15) is 36.8 Å². The predicted octanol–water partition coefficient (Wildman–Crippen LogP) is 2.68. The van der Waals surface area contributed by atoms with E-state index in [0.717, 1.165) is 36.3 Å². The van der Waals surface area contributed by atoms with Crippen LogP contribution in [-0.4, -0.2) is 16.6 Å². The van der Waals surface area contributed by atoms with Gasteiger partial charge in [0.25, 0.3) is 0 Å². The van der Waals surface area contributed by atoms with Gasteiger partial charge in [-0.05, 0) is 31.4 Å². The number of ether oxygens (including phenoxy) is 1. The van der Waals surface area contributed by atoms with Gasteiger partial charge < -0.3 is 9.72 Å². The molecule has 0 saturated carbocycles. The van der Waals surface area contributed by atoms with Gasteiger partial charge in [0.15, 0.2) is 0 Å². The van der Waals surface area contributed by atoms with Gasteiger partial charge in [0, 0.05) is 6.61 Å². The van der Waals surface area contributed by atoms with Crippen LogP contribution in [0, 0.1) is 11.3 Å². The van der Waals surface area contributed by atoms with Crippen LogP contribution in [0.25, 0.3) is 11.0 Å². The van der Waals surface area contributed by atoms with E-state index in [1.807, 2.05) is 12.1 Å². The Kier molecular flexibility index (Phi) is 2.54. The highest BCUT2D eigenvalue weighted by Crippen LogP contribution is 2.28. The topological polar surface area (TPSA) is 61.7 Å². The Morgan fingerprint density at radius 1 is 1.41 bits per heavy atom. The van der Waals surface area contributed by atoms with E-state index >= 15 is 0 Å². The van der Waals surface area contributed by atoms with Crippen molar-refractivity contribution in [2.45, 2.75) is 25.4 Å². The Morgan fingerprint density at radius 2 is 2.35 bits per heavy atom. The molecule has 1 N–H and O–H groups in total. The number of fused-ring (bicyclic) bond motifs is 1. The first-order chi connectivity index (χ1) is 8.38. The van der Waals surface area contributed by atoms with E-state index in [0.29, 0.717) is 5.56 Å². The Morgan fingerprint density at radius 3 is 3.12 bits per heavy atom. The first kappa shape index (κ1) is 10.3. The zero-order valence-corrected chi connectivity index (χ0v) is 9.44. The van der Waals surface area contributed by atoms with Crippen molar-refractivity contribution in [2.24, 2.45) is 0 Å². The molecule has 1 saturated heterocycles. The summed E-state index contributed by atoms with van der Waals surface area (Å²) in [6, 6.07) is 7.75. The van der Waals surface area contributed by atoms with Gasteiger partial charge in [-0.15, -0.1) is 0 Å². The number of hydrogen-bond acceptors (Lipinski definition) is 3. The fourth-order valence-electron chi connectivity index (χ4n) is 2.25. The van der Waals surface area contributed by atoms with Gasteiger partial charge in [-0.25, -0.2) is 4.98 Å². The summed E-state index contributed by atoms with van der Waals surface area (Å²) in [4.78, 5) is 7.76. The Labute approximate surface area is 99.2 Å². The number of nitriles is 1. The number of H-pyrrole nitrogens is 1. The Balaban J connectivity index is 2.04. The molecular formula is C13H13N3O. The summed E-state index contributed by atoms with van der Waals surface area (Å²) in [7, 11) is 0. The third-order valence-corrected chi connectivity index (χ3v) is 3.14. The fraction of sp³-hybridized carbons (Fsp3) is 0.385. The second-order valence-corrected chi connectivity index (χ2v) is 4.29. The first-order valence-corrected chi connectivity index (χ1v) is 5.89. The van der Waals surface area contributed by atoms with E-state index < -0.39 is 0 Å². The van der Waals surface area contributed by atoms with E-state index in [1.165, 1.54) is 6.42 Å². The van der Waals surface area contributed by atoms with Crippen molar-refractivity contribution in [3.63, 3.8) is 0 Å². The van der Waals surface area contributed by atoms with E-state index in [-0.39, 0.29) is 6.10 Å². The summed E-state index contributed by atoms with van der Waals surface area (Å²) in [5.41, 5.74) is 2.27. The van der Waals surface area contributed by atoms with E-state index in [9.17, 15) is 0 Å². The van der Waals surface area contributed by atoms with E-state index in [4.69, 9.17) is 10.00 Å². The number of rotatable bonds is 1. The van der Waals surface area contributed by atoms with Gasteiger partial charge in [0.05, 0.1) is 11.1 Å². The third-order valence-electron chi connectivity index (χ3n) is 3.14. The molecule has 86 valence electrons. The maximum absolute atomic E-state index is 9.02. The summed E-state index contributed by atoms with van der Waals surface area (Å²) in [5.74, 6) is 0.849. The van der Waals surface area contributed by atoms with Crippen LogP contribution in [0.5, 0.6) is 0 Å². The first-order valence-electron chi connectivity index (χ1n) is 5.89. The number of nitrogens with zero attached hydrogens (tertiary/aromatic N) is 2. The average Bonchev–Trinajstić information content (AvgIpc) is 2.83. The normalized spacial score (nSPS) is 20.3. The average molecular weight is 227 g/mol.